The Morgan fingerprint density at radius 2 is 2.14 bits per heavy atom. The van der Waals surface area contributed by atoms with E-state index in [-0.39, 0.29) is 10.9 Å². The highest BCUT2D eigenvalue weighted by molar-refractivity contribution is 6.30. The van der Waals surface area contributed by atoms with Crippen molar-refractivity contribution in [1.29, 1.82) is 0 Å². The Balaban J connectivity index is 1.56. The standard InChI is InChI=1S/C19H16ClFN4O3/c1-19(12-2-3-14(21)13(20)8-12)17(27)25(18(28)23-19)10-16(26)24-7-5-11-4-6-22-9-15(11)24/h2-4,6,8-9H,5,7,10H2,1H3,(H,23,28). The zero-order valence-electron chi connectivity index (χ0n) is 14.9. The summed E-state index contributed by atoms with van der Waals surface area (Å²) in [6, 6.07) is 4.96. The van der Waals surface area contributed by atoms with Crippen LogP contribution in [0.5, 0.6) is 0 Å². The molecule has 28 heavy (non-hydrogen) atoms. The van der Waals surface area contributed by atoms with Crippen LogP contribution in [0.3, 0.4) is 0 Å². The molecule has 3 heterocycles. The van der Waals surface area contributed by atoms with Crippen LogP contribution >= 0.6 is 11.6 Å². The molecule has 1 saturated heterocycles. The monoisotopic (exact) mass is 402 g/mol. The number of hydrogen-bond acceptors (Lipinski definition) is 4. The van der Waals surface area contributed by atoms with Crippen LogP contribution in [-0.2, 0) is 21.5 Å². The van der Waals surface area contributed by atoms with E-state index in [0.29, 0.717) is 24.2 Å². The van der Waals surface area contributed by atoms with E-state index in [1.807, 2.05) is 6.07 Å². The highest BCUT2D eigenvalue weighted by Gasteiger charge is 2.50. The zero-order chi connectivity index (χ0) is 20.1. The molecule has 0 saturated carbocycles. The first-order valence-electron chi connectivity index (χ1n) is 8.64. The summed E-state index contributed by atoms with van der Waals surface area (Å²) in [6.07, 6.45) is 3.94. The van der Waals surface area contributed by atoms with Gasteiger partial charge in [-0.2, -0.15) is 0 Å². The van der Waals surface area contributed by atoms with Crippen LogP contribution in [0.1, 0.15) is 18.1 Å². The van der Waals surface area contributed by atoms with E-state index < -0.39 is 29.8 Å². The normalized spacial score (nSPS) is 21.1. The molecule has 1 aromatic heterocycles. The predicted molar refractivity (Wildman–Crippen MR) is 99.3 cm³/mol. The molecular weight excluding hydrogens is 387 g/mol. The van der Waals surface area contributed by atoms with Gasteiger partial charge >= 0.3 is 6.03 Å². The molecule has 144 valence electrons. The molecule has 1 atom stereocenters. The predicted octanol–water partition coefficient (Wildman–Crippen LogP) is 2.23. The number of halogens is 2. The Labute approximate surface area is 165 Å². The summed E-state index contributed by atoms with van der Waals surface area (Å²) in [5, 5.41) is 2.43. The van der Waals surface area contributed by atoms with Gasteiger partial charge in [-0.25, -0.2) is 9.18 Å². The molecule has 1 unspecified atom stereocenters. The lowest BCUT2D eigenvalue weighted by Gasteiger charge is -2.23. The van der Waals surface area contributed by atoms with Crippen LogP contribution in [0.2, 0.25) is 5.02 Å². The number of urea groups is 1. The number of hydrogen-bond donors (Lipinski definition) is 1. The van der Waals surface area contributed by atoms with Crippen LogP contribution in [-0.4, -0.2) is 40.8 Å². The topological polar surface area (TPSA) is 82.6 Å². The van der Waals surface area contributed by atoms with Gasteiger partial charge in [0.15, 0.2) is 0 Å². The number of nitrogens with one attached hydrogen (secondary N) is 1. The van der Waals surface area contributed by atoms with Gasteiger partial charge in [-0.3, -0.25) is 19.5 Å². The molecule has 1 aromatic carbocycles. The van der Waals surface area contributed by atoms with Crippen molar-refractivity contribution in [2.24, 2.45) is 0 Å². The zero-order valence-corrected chi connectivity index (χ0v) is 15.7. The SMILES string of the molecule is CC1(c2ccc(F)c(Cl)c2)NC(=O)N(CC(=O)N2CCc3ccncc32)C1=O. The molecule has 2 aliphatic heterocycles. The average Bonchev–Trinajstić information content (AvgIpc) is 3.19. The number of carbonyl (C=O) groups is 3. The van der Waals surface area contributed by atoms with Gasteiger partial charge in [0.05, 0.1) is 16.9 Å². The summed E-state index contributed by atoms with van der Waals surface area (Å²) < 4.78 is 13.5. The smallest absolute Gasteiger partial charge is 0.319 e. The van der Waals surface area contributed by atoms with Crippen LogP contribution in [0, 0.1) is 5.82 Å². The largest absolute Gasteiger partial charge is 0.325 e. The number of anilines is 1. The lowest BCUT2D eigenvalue weighted by Crippen LogP contribution is -2.44. The molecule has 9 heteroatoms. The fourth-order valence-electron chi connectivity index (χ4n) is 3.55. The van der Waals surface area contributed by atoms with Crippen molar-refractivity contribution < 1.29 is 18.8 Å². The molecule has 7 nitrogen and oxygen atoms in total. The third-order valence-electron chi connectivity index (χ3n) is 5.15. The Morgan fingerprint density at radius 3 is 2.89 bits per heavy atom. The minimum atomic E-state index is -1.43. The third-order valence-corrected chi connectivity index (χ3v) is 5.44. The summed E-state index contributed by atoms with van der Waals surface area (Å²) in [4.78, 5) is 44.6. The van der Waals surface area contributed by atoms with Crippen molar-refractivity contribution in [2.75, 3.05) is 18.0 Å². The Hall–Kier alpha value is -3.00. The van der Waals surface area contributed by atoms with Gasteiger partial charge in [-0.15, -0.1) is 0 Å². The highest BCUT2D eigenvalue weighted by atomic mass is 35.5. The van der Waals surface area contributed by atoms with Crippen molar-refractivity contribution in [3.8, 4) is 0 Å². The number of amides is 4. The van der Waals surface area contributed by atoms with Gasteiger partial charge in [0.2, 0.25) is 5.91 Å². The molecule has 1 fully saturated rings. The number of nitrogens with zero attached hydrogens (tertiary/aromatic N) is 3. The first-order valence-corrected chi connectivity index (χ1v) is 9.02. The van der Waals surface area contributed by atoms with E-state index in [2.05, 4.69) is 10.3 Å². The van der Waals surface area contributed by atoms with Crippen LogP contribution in [0.4, 0.5) is 14.9 Å². The van der Waals surface area contributed by atoms with E-state index in [0.717, 1.165) is 16.5 Å². The summed E-state index contributed by atoms with van der Waals surface area (Å²) >= 11 is 5.81. The molecule has 2 aromatic rings. The number of rotatable bonds is 3. The number of pyridine rings is 1. The van der Waals surface area contributed by atoms with E-state index in [9.17, 15) is 18.8 Å². The van der Waals surface area contributed by atoms with Gasteiger partial charge in [-0.05, 0) is 42.7 Å². The molecule has 1 N–H and O–H groups in total. The van der Waals surface area contributed by atoms with E-state index >= 15 is 0 Å². The lowest BCUT2D eigenvalue weighted by atomic mass is 9.92. The van der Waals surface area contributed by atoms with Crippen molar-refractivity contribution in [3.63, 3.8) is 0 Å². The molecule has 4 rings (SSSR count). The Bertz CT molecular complexity index is 1010. The number of imide groups is 1. The minimum Gasteiger partial charge on any atom is -0.319 e. The molecule has 0 aliphatic carbocycles. The Kier molecular flexibility index (Phi) is 4.30. The maximum Gasteiger partial charge on any atom is 0.325 e. The second kappa shape index (κ2) is 6.56. The second-order valence-electron chi connectivity index (χ2n) is 6.88. The second-order valence-corrected chi connectivity index (χ2v) is 7.28. The van der Waals surface area contributed by atoms with Crippen molar-refractivity contribution in [3.05, 3.63) is 58.6 Å². The van der Waals surface area contributed by atoms with Gasteiger partial charge < -0.3 is 10.2 Å². The summed E-state index contributed by atoms with van der Waals surface area (Å²) in [7, 11) is 0. The van der Waals surface area contributed by atoms with Gasteiger partial charge in [0.25, 0.3) is 5.91 Å². The highest BCUT2D eigenvalue weighted by Crippen LogP contribution is 2.32. The first-order chi connectivity index (χ1) is 13.3. The number of fused-ring (bicyclic) bond motifs is 1. The fraction of sp³-hybridized carbons (Fsp3) is 0.263. The first kappa shape index (κ1) is 18.4. The Morgan fingerprint density at radius 1 is 1.36 bits per heavy atom. The fourth-order valence-corrected chi connectivity index (χ4v) is 3.73. The van der Waals surface area contributed by atoms with Crippen molar-refractivity contribution in [2.45, 2.75) is 18.9 Å². The summed E-state index contributed by atoms with van der Waals surface area (Å²) in [5.74, 6) is -1.60. The number of carbonyl (C=O) groups excluding carboxylic acids is 3. The maximum absolute atomic E-state index is 13.5. The van der Waals surface area contributed by atoms with Crippen LogP contribution < -0.4 is 10.2 Å². The van der Waals surface area contributed by atoms with E-state index in [1.54, 1.807) is 12.4 Å². The quantitative estimate of drug-likeness (QED) is 0.798. The van der Waals surface area contributed by atoms with Gasteiger partial charge in [-0.1, -0.05) is 17.7 Å². The van der Waals surface area contributed by atoms with Crippen LogP contribution in [0.15, 0.2) is 36.7 Å². The lowest BCUT2D eigenvalue weighted by molar-refractivity contribution is -0.134. The molecule has 0 spiro atoms. The van der Waals surface area contributed by atoms with Gasteiger partial charge in [0, 0.05) is 12.7 Å². The molecule has 2 aliphatic rings. The van der Waals surface area contributed by atoms with Crippen molar-refractivity contribution in [1.82, 2.24) is 15.2 Å². The number of aromatic nitrogens is 1. The molecule has 0 bridgehead atoms. The average molecular weight is 403 g/mol. The van der Waals surface area contributed by atoms with E-state index in [4.69, 9.17) is 11.6 Å². The third kappa shape index (κ3) is 2.80. The maximum atomic E-state index is 13.5. The van der Waals surface area contributed by atoms with Gasteiger partial charge in [0.1, 0.15) is 17.9 Å². The van der Waals surface area contributed by atoms with E-state index in [1.165, 1.54) is 24.0 Å². The molecule has 0 radical (unpaired) electrons. The number of benzene rings is 1. The summed E-state index contributed by atoms with van der Waals surface area (Å²) in [6.45, 7) is 1.56. The molecule has 4 amide bonds. The van der Waals surface area contributed by atoms with Crippen molar-refractivity contribution >= 4 is 35.1 Å². The molecular formula is C19H16ClFN4O3. The van der Waals surface area contributed by atoms with Crippen LogP contribution in [0.25, 0.3) is 0 Å². The summed E-state index contributed by atoms with van der Waals surface area (Å²) in [5.41, 5.74) is 0.584. The minimum absolute atomic E-state index is 0.156.